The Morgan fingerprint density at radius 2 is 1.33 bits per heavy atom. The van der Waals surface area contributed by atoms with Crippen LogP contribution in [0.5, 0.6) is 5.75 Å². The fourth-order valence-corrected chi connectivity index (χ4v) is 5.68. The minimum Gasteiger partial charge on any atom is -0.506 e. The van der Waals surface area contributed by atoms with Gasteiger partial charge in [0.2, 0.25) is 0 Å². The van der Waals surface area contributed by atoms with Crippen molar-refractivity contribution in [1.82, 2.24) is 14.9 Å². The molecule has 1 amide bonds. The Morgan fingerprint density at radius 3 is 1.90 bits per heavy atom. The number of nitrogens with zero attached hydrogens (tertiary/aromatic N) is 2. The van der Waals surface area contributed by atoms with Gasteiger partial charge >= 0.3 is 0 Å². The number of aldehydes is 1. The quantitative estimate of drug-likeness (QED) is 0.167. The molecule has 0 saturated heterocycles. The first kappa shape index (κ1) is 26.7. The zero-order valence-electron chi connectivity index (χ0n) is 22.8. The first-order valence-electron chi connectivity index (χ1n) is 13.8. The molecule has 0 fully saturated rings. The van der Waals surface area contributed by atoms with Crippen molar-refractivity contribution in [2.75, 3.05) is 0 Å². The van der Waals surface area contributed by atoms with Crippen molar-refractivity contribution >= 4 is 23.0 Å². The summed E-state index contributed by atoms with van der Waals surface area (Å²) in [5.74, 6) is -0.639. The number of carbonyl (C=O) groups excluding carboxylic acids is 2. The molecule has 5 aromatic carbocycles. The molecule has 206 valence electrons. The van der Waals surface area contributed by atoms with Crippen LogP contribution in [0.1, 0.15) is 32.7 Å². The Bertz CT molecular complexity index is 1740. The number of imidazole rings is 1. The van der Waals surface area contributed by atoms with Gasteiger partial charge in [-0.15, -0.1) is 0 Å². The summed E-state index contributed by atoms with van der Waals surface area (Å²) < 4.78 is 2.07. The molecule has 0 unspecified atom stereocenters. The Morgan fingerprint density at radius 1 is 0.786 bits per heavy atom. The zero-order chi connectivity index (χ0) is 28.9. The largest absolute Gasteiger partial charge is 0.506 e. The van der Waals surface area contributed by atoms with Crippen LogP contribution in [0.2, 0.25) is 0 Å². The molecule has 42 heavy (non-hydrogen) atoms. The van der Waals surface area contributed by atoms with Crippen molar-refractivity contribution in [2.45, 2.75) is 18.0 Å². The minimum absolute atomic E-state index is 0.113. The van der Waals surface area contributed by atoms with E-state index in [2.05, 4.69) is 51.3 Å². The van der Waals surface area contributed by atoms with Gasteiger partial charge in [0.1, 0.15) is 17.6 Å². The van der Waals surface area contributed by atoms with Gasteiger partial charge in [-0.2, -0.15) is 0 Å². The van der Waals surface area contributed by atoms with Crippen LogP contribution in [0.4, 0.5) is 0 Å². The Labute approximate surface area is 243 Å². The van der Waals surface area contributed by atoms with Gasteiger partial charge in [0.05, 0.1) is 23.6 Å². The highest BCUT2D eigenvalue weighted by Gasteiger charge is 2.38. The van der Waals surface area contributed by atoms with Crippen LogP contribution in [0.3, 0.4) is 0 Å². The zero-order valence-corrected chi connectivity index (χ0v) is 22.8. The third-order valence-corrected chi connectivity index (χ3v) is 7.65. The maximum Gasteiger partial charge on any atom is 0.255 e. The highest BCUT2D eigenvalue weighted by Crippen LogP contribution is 2.40. The first-order chi connectivity index (χ1) is 20.6. The van der Waals surface area contributed by atoms with Crippen LogP contribution >= 0.6 is 0 Å². The highest BCUT2D eigenvalue weighted by atomic mass is 16.3. The number of fused-ring (bicyclic) bond motifs is 1. The molecule has 0 radical (unpaired) electrons. The second-order valence-corrected chi connectivity index (χ2v) is 10.2. The van der Waals surface area contributed by atoms with Crippen molar-refractivity contribution in [3.8, 4) is 5.75 Å². The molecule has 1 heterocycles. The van der Waals surface area contributed by atoms with E-state index in [1.807, 2.05) is 72.9 Å². The lowest BCUT2D eigenvalue weighted by Crippen LogP contribution is -2.38. The predicted octanol–water partition coefficient (Wildman–Crippen LogP) is 6.12. The Balaban J connectivity index is 1.35. The topological polar surface area (TPSA) is 84.2 Å². The molecule has 6 aromatic rings. The fourth-order valence-electron chi connectivity index (χ4n) is 5.68. The summed E-state index contributed by atoms with van der Waals surface area (Å²) in [5, 5.41) is 14.9. The van der Waals surface area contributed by atoms with E-state index < -0.39 is 17.5 Å². The maximum absolute atomic E-state index is 13.1. The second kappa shape index (κ2) is 11.6. The number of rotatable bonds is 9. The summed E-state index contributed by atoms with van der Waals surface area (Å²) in [6, 6.07) is 40.5. The molecule has 0 spiro atoms. The number of phenolic OH excluding ortho intramolecular Hbond substituents is 1. The fraction of sp³-hybridized carbons (Fsp3) is 0.0833. The third-order valence-electron chi connectivity index (χ3n) is 7.65. The molecular weight excluding hydrogens is 522 g/mol. The number of phenols is 1. The normalized spacial score (nSPS) is 12.1. The van der Waals surface area contributed by atoms with Crippen LogP contribution < -0.4 is 5.32 Å². The van der Waals surface area contributed by atoms with Gasteiger partial charge in [0.15, 0.2) is 0 Å². The van der Waals surface area contributed by atoms with E-state index >= 15 is 0 Å². The summed E-state index contributed by atoms with van der Waals surface area (Å²) in [6.45, 7) is 0. The number of hydrogen-bond acceptors (Lipinski definition) is 4. The van der Waals surface area contributed by atoms with E-state index in [9.17, 15) is 14.7 Å². The van der Waals surface area contributed by atoms with Gasteiger partial charge in [-0.1, -0.05) is 121 Å². The second-order valence-electron chi connectivity index (χ2n) is 10.2. The van der Waals surface area contributed by atoms with Crippen molar-refractivity contribution in [2.24, 2.45) is 0 Å². The predicted molar refractivity (Wildman–Crippen MR) is 163 cm³/mol. The number of benzene rings is 5. The summed E-state index contributed by atoms with van der Waals surface area (Å²) in [6.07, 6.45) is 4.60. The molecule has 1 aromatic heterocycles. The number of hydrogen-bond donors (Lipinski definition) is 2. The molecule has 0 aliphatic rings. The molecule has 6 rings (SSSR count). The van der Waals surface area contributed by atoms with Crippen LogP contribution in [0.15, 0.2) is 140 Å². The van der Waals surface area contributed by atoms with Crippen molar-refractivity contribution < 1.29 is 14.7 Å². The average molecular weight is 552 g/mol. The number of aromatic hydroxyl groups is 1. The standard InChI is InChI=1S/C36H29N3O3/c40-24-31(38-35(42)33-21-20-26-12-10-11-19-32(26)34(33)41)22-30-23-39(25-37-30)36(27-13-4-1-5-14-27,28-15-6-2-7-16-28)29-17-8-3-9-18-29/h1-21,23-25,31,41H,22H2,(H,38,42)/t31-/m0/s1. The van der Waals surface area contributed by atoms with Crippen molar-refractivity contribution in [3.63, 3.8) is 0 Å². The van der Waals surface area contributed by atoms with Crippen LogP contribution in [-0.4, -0.2) is 32.9 Å². The van der Waals surface area contributed by atoms with E-state index in [4.69, 9.17) is 0 Å². The summed E-state index contributed by atoms with van der Waals surface area (Å²) >= 11 is 0. The van der Waals surface area contributed by atoms with E-state index in [0.717, 1.165) is 22.1 Å². The minimum atomic E-state index is -0.841. The molecule has 6 nitrogen and oxygen atoms in total. The molecular formula is C36H29N3O3. The third kappa shape index (κ3) is 4.84. The lowest BCUT2D eigenvalue weighted by molar-refractivity contribution is -0.109. The summed E-state index contributed by atoms with van der Waals surface area (Å²) in [7, 11) is 0. The van der Waals surface area contributed by atoms with Crippen molar-refractivity contribution in [1.29, 1.82) is 0 Å². The van der Waals surface area contributed by atoms with Crippen LogP contribution in [-0.2, 0) is 16.8 Å². The Hall–Kier alpha value is -5.49. The van der Waals surface area contributed by atoms with E-state index in [1.54, 1.807) is 30.6 Å². The lowest BCUT2D eigenvalue weighted by atomic mass is 9.77. The van der Waals surface area contributed by atoms with Gasteiger partial charge in [-0.05, 0) is 28.1 Å². The van der Waals surface area contributed by atoms with Gasteiger partial charge < -0.3 is 19.8 Å². The smallest absolute Gasteiger partial charge is 0.255 e. The molecule has 6 heteroatoms. The van der Waals surface area contributed by atoms with Gasteiger partial charge in [-0.25, -0.2) is 4.98 Å². The molecule has 0 aliphatic heterocycles. The number of carbonyl (C=O) groups is 2. The van der Waals surface area contributed by atoms with E-state index in [-0.39, 0.29) is 17.7 Å². The lowest BCUT2D eigenvalue weighted by Gasteiger charge is -2.37. The van der Waals surface area contributed by atoms with Crippen LogP contribution in [0.25, 0.3) is 10.8 Å². The average Bonchev–Trinajstić information content (AvgIpc) is 3.51. The summed E-state index contributed by atoms with van der Waals surface area (Å²) in [4.78, 5) is 30.0. The number of amides is 1. The number of nitrogens with one attached hydrogen (secondary N) is 1. The first-order valence-corrected chi connectivity index (χ1v) is 13.8. The van der Waals surface area contributed by atoms with Gasteiger partial charge in [0, 0.05) is 18.0 Å². The monoisotopic (exact) mass is 551 g/mol. The number of aromatic nitrogens is 2. The van der Waals surface area contributed by atoms with E-state index in [0.29, 0.717) is 17.4 Å². The SMILES string of the molecule is O=C[C@H](Cc1cn(C(c2ccccc2)(c2ccccc2)c2ccccc2)cn1)NC(=O)c1ccc2ccccc2c1O. The van der Waals surface area contributed by atoms with Gasteiger partial charge in [-0.3, -0.25) is 4.79 Å². The molecule has 0 bridgehead atoms. The van der Waals surface area contributed by atoms with Crippen LogP contribution in [0, 0.1) is 0 Å². The highest BCUT2D eigenvalue weighted by molar-refractivity contribution is 6.04. The molecule has 1 atom stereocenters. The van der Waals surface area contributed by atoms with Crippen molar-refractivity contribution in [3.05, 3.63) is 168 Å². The molecule has 0 saturated carbocycles. The van der Waals surface area contributed by atoms with Gasteiger partial charge in [0.25, 0.3) is 5.91 Å². The van der Waals surface area contributed by atoms with E-state index in [1.165, 1.54) is 0 Å². The summed E-state index contributed by atoms with van der Waals surface area (Å²) in [5.41, 5.74) is 3.19. The molecule has 0 aliphatic carbocycles. The maximum atomic E-state index is 13.1. The molecule has 2 N–H and O–H groups in total. The Kier molecular flexibility index (Phi) is 7.35.